The molecule has 3 aliphatic heterocycles. The van der Waals surface area contributed by atoms with E-state index >= 15 is 0 Å². The third-order valence-electron chi connectivity index (χ3n) is 6.70. The lowest BCUT2D eigenvalue weighted by Crippen LogP contribution is -2.38. The fraction of sp³-hybridized carbons (Fsp3) is 0.762. The molecular formula is C21H34N4O5S2. The van der Waals surface area contributed by atoms with Crippen molar-refractivity contribution in [1.82, 2.24) is 18.1 Å². The smallest absolute Gasteiger partial charge is 0.245 e. The fourth-order valence-electron chi connectivity index (χ4n) is 4.83. The molecule has 9 nitrogen and oxygen atoms in total. The van der Waals surface area contributed by atoms with Crippen LogP contribution in [0.4, 0.5) is 0 Å². The first-order chi connectivity index (χ1) is 15.3. The lowest BCUT2D eigenvalue weighted by molar-refractivity contribution is -0.132. The van der Waals surface area contributed by atoms with Crippen molar-refractivity contribution in [3.63, 3.8) is 0 Å². The highest BCUT2D eigenvalue weighted by molar-refractivity contribution is 7.92. The maximum absolute atomic E-state index is 13.5. The Morgan fingerprint density at radius 3 is 1.41 bits per heavy atom. The second-order valence-electron chi connectivity index (χ2n) is 9.03. The average Bonchev–Trinajstić information content (AvgIpc) is 3.26. The van der Waals surface area contributed by atoms with Crippen LogP contribution in [-0.4, -0.2) is 80.1 Å². The highest BCUT2D eigenvalue weighted by atomic mass is 32.2. The quantitative estimate of drug-likeness (QED) is 0.611. The van der Waals surface area contributed by atoms with Crippen LogP contribution in [-0.2, 0) is 31.4 Å². The maximum atomic E-state index is 13.5. The molecule has 1 amide bonds. The van der Waals surface area contributed by atoms with Crippen LogP contribution in [0.15, 0.2) is 22.2 Å². The maximum Gasteiger partial charge on any atom is 0.245 e. The number of carbonyl (C=O) groups excluding carboxylic acids is 1. The minimum Gasteiger partial charge on any atom is -0.342 e. The standard InChI is InChI=1S/C21H34N4O5S2/c26-21(23-10-4-1-5-11-23)18-22-16-19(31(27,28)24-12-6-2-7-13-24)20(17-22)32(29,30)25-14-8-3-9-15-25/h16-17H,1-15,18H2. The normalized spacial score (nSPS) is 22.2. The van der Waals surface area contributed by atoms with Crippen molar-refractivity contribution in [1.29, 1.82) is 0 Å². The number of amides is 1. The summed E-state index contributed by atoms with van der Waals surface area (Å²) in [6, 6.07) is 0. The third-order valence-corrected chi connectivity index (χ3v) is 10.7. The van der Waals surface area contributed by atoms with Crippen molar-refractivity contribution in [3.05, 3.63) is 12.4 Å². The van der Waals surface area contributed by atoms with Crippen LogP contribution < -0.4 is 0 Å². The molecule has 0 aliphatic carbocycles. The molecule has 0 spiro atoms. The molecule has 32 heavy (non-hydrogen) atoms. The average molecular weight is 487 g/mol. The summed E-state index contributed by atoms with van der Waals surface area (Å²) in [6.45, 7) is 2.90. The Morgan fingerprint density at radius 1 is 0.625 bits per heavy atom. The van der Waals surface area contributed by atoms with E-state index in [0.717, 1.165) is 57.8 Å². The summed E-state index contributed by atoms with van der Waals surface area (Å²) in [5, 5.41) is 0. The van der Waals surface area contributed by atoms with E-state index in [2.05, 4.69) is 0 Å². The largest absolute Gasteiger partial charge is 0.342 e. The second kappa shape index (κ2) is 9.82. The van der Waals surface area contributed by atoms with Crippen molar-refractivity contribution < 1.29 is 21.6 Å². The molecule has 3 fully saturated rings. The highest BCUT2D eigenvalue weighted by Crippen LogP contribution is 2.31. The van der Waals surface area contributed by atoms with Gasteiger partial charge in [0.15, 0.2) is 0 Å². The lowest BCUT2D eigenvalue weighted by atomic mass is 10.1. The SMILES string of the molecule is O=C(Cn1cc(S(=O)(=O)N2CCCCC2)c(S(=O)(=O)N2CCCCC2)c1)N1CCCCC1. The molecule has 11 heteroatoms. The van der Waals surface area contributed by atoms with Crippen molar-refractivity contribution in [2.24, 2.45) is 0 Å². The monoisotopic (exact) mass is 486 g/mol. The number of carbonyl (C=O) groups is 1. The van der Waals surface area contributed by atoms with Gasteiger partial charge < -0.3 is 9.47 Å². The van der Waals surface area contributed by atoms with Gasteiger partial charge >= 0.3 is 0 Å². The number of rotatable bonds is 6. The topological polar surface area (TPSA) is 100 Å². The van der Waals surface area contributed by atoms with Gasteiger partial charge in [-0.2, -0.15) is 8.61 Å². The summed E-state index contributed by atoms with van der Waals surface area (Å²) in [6.07, 6.45) is 10.7. The molecule has 0 bridgehead atoms. The van der Waals surface area contributed by atoms with Crippen LogP contribution in [0.1, 0.15) is 57.8 Å². The van der Waals surface area contributed by atoms with Crippen LogP contribution in [0.2, 0.25) is 0 Å². The Hall–Kier alpha value is -1.43. The zero-order valence-electron chi connectivity index (χ0n) is 18.6. The van der Waals surface area contributed by atoms with Crippen LogP contribution in [0.5, 0.6) is 0 Å². The molecule has 1 aromatic rings. The first-order valence-corrected chi connectivity index (χ1v) is 14.7. The Kier molecular flexibility index (Phi) is 7.28. The van der Waals surface area contributed by atoms with Gasteiger partial charge in [0, 0.05) is 51.7 Å². The predicted molar refractivity (Wildman–Crippen MR) is 120 cm³/mol. The van der Waals surface area contributed by atoms with E-state index in [1.54, 1.807) is 4.90 Å². The van der Waals surface area contributed by atoms with E-state index in [1.165, 1.54) is 25.6 Å². The molecule has 4 rings (SSSR count). The highest BCUT2D eigenvalue weighted by Gasteiger charge is 2.37. The van der Waals surface area contributed by atoms with Crippen LogP contribution >= 0.6 is 0 Å². The number of sulfonamides is 2. The van der Waals surface area contributed by atoms with Gasteiger partial charge in [0.1, 0.15) is 16.3 Å². The molecule has 3 aliphatic rings. The summed E-state index contributed by atoms with van der Waals surface area (Å²) in [5.41, 5.74) is 0. The number of hydrogen-bond acceptors (Lipinski definition) is 5. The first kappa shape index (κ1) is 23.7. The fourth-order valence-corrected chi connectivity index (χ4v) is 8.65. The van der Waals surface area contributed by atoms with Gasteiger partial charge in [0.25, 0.3) is 0 Å². The molecule has 0 unspecified atom stereocenters. The van der Waals surface area contributed by atoms with Crippen LogP contribution in [0.3, 0.4) is 0 Å². The summed E-state index contributed by atoms with van der Waals surface area (Å²) < 4.78 is 58.1. The summed E-state index contributed by atoms with van der Waals surface area (Å²) in [7, 11) is -7.95. The molecule has 180 valence electrons. The molecular weight excluding hydrogens is 452 g/mol. The van der Waals surface area contributed by atoms with Gasteiger partial charge in [-0.15, -0.1) is 0 Å². The minimum absolute atomic E-state index is 0.0575. The summed E-state index contributed by atoms with van der Waals surface area (Å²) in [4.78, 5) is 14.2. The Labute approximate surface area is 191 Å². The van der Waals surface area contributed by atoms with Crippen LogP contribution in [0.25, 0.3) is 0 Å². The number of piperidine rings is 3. The number of hydrogen-bond donors (Lipinski definition) is 0. The van der Waals surface area contributed by atoms with E-state index in [4.69, 9.17) is 0 Å². The number of likely N-dealkylation sites (tertiary alicyclic amines) is 1. The van der Waals surface area contributed by atoms with Crippen molar-refractivity contribution >= 4 is 26.0 Å². The lowest BCUT2D eigenvalue weighted by Gasteiger charge is -2.28. The molecule has 3 saturated heterocycles. The van der Waals surface area contributed by atoms with Crippen molar-refractivity contribution in [3.8, 4) is 0 Å². The summed E-state index contributed by atoms with van der Waals surface area (Å²) >= 11 is 0. The molecule has 0 atom stereocenters. The molecule has 4 heterocycles. The van der Waals surface area contributed by atoms with Gasteiger partial charge in [0.05, 0.1) is 0 Å². The third kappa shape index (κ3) is 4.90. The molecule has 0 saturated carbocycles. The van der Waals surface area contributed by atoms with Gasteiger partial charge in [-0.25, -0.2) is 16.8 Å². The van der Waals surface area contributed by atoms with Crippen molar-refractivity contribution in [2.75, 3.05) is 39.3 Å². The molecule has 0 radical (unpaired) electrons. The number of aromatic nitrogens is 1. The zero-order valence-corrected chi connectivity index (χ0v) is 20.2. The predicted octanol–water partition coefficient (Wildman–Crippen LogP) is 1.85. The Morgan fingerprint density at radius 2 is 1.00 bits per heavy atom. The van der Waals surface area contributed by atoms with Gasteiger partial charge in [-0.05, 0) is 44.9 Å². The minimum atomic E-state index is -3.97. The zero-order chi connectivity index (χ0) is 22.8. The summed E-state index contributed by atoms with van der Waals surface area (Å²) in [5.74, 6) is -0.108. The number of nitrogens with zero attached hydrogens (tertiary/aromatic N) is 4. The second-order valence-corrected chi connectivity index (χ2v) is 12.8. The molecule has 0 N–H and O–H groups in total. The Balaban J connectivity index is 1.68. The van der Waals surface area contributed by atoms with Gasteiger partial charge in [-0.3, -0.25) is 4.79 Å². The van der Waals surface area contributed by atoms with Gasteiger partial charge in [0.2, 0.25) is 26.0 Å². The first-order valence-electron chi connectivity index (χ1n) is 11.8. The van der Waals surface area contributed by atoms with Crippen molar-refractivity contribution in [2.45, 2.75) is 74.1 Å². The van der Waals surface area contributed by atoms with E-state index < -0.39 is 20.0 Å². The van der Waals surface area contributed by atoms with E-state index in [9.17, 15) is 21.6 Å². The van der Waals surface area contributed by atoms with Crippen LogP contribution in [0, 0.1) is 0 Å². The Bertz CT molecular complexity index is 951. The molecule has 0 aromatic carbocycles. The van der Waals surface area contributed by atoms with E-state index in [-0.39, 0.29) is 22.2 Å². The van der Waals surface area contributed by atoms with E-state index in [0.29, 0.717) is 39.3 Å². The molecule has 1 aromatic heterocycles. The van der Waals surface area contributed by atoms with Gasteiger partial charge in [-0.1, -0.05) is 12.8 Å². The van der Waals surface area contributed by atoms with E-state index in [1.807, 2.05) is 0 Å².